The first-order valence-electron chi connectivity index (χ1n) is 29.2. The molecule has 2 heterocycles. The molecule has 1 unspecified atom stereocenters. The minimum absolute atomic E-state index is 0.0496. The summed E-state index contributed by atoms with van der Waals surface area (Å²) in [6.07, 6.45) is 1.85. The summed E-state index contributed by atoms with van der Waals surface area (Å²) in [4.78, 5) is 15.3. The highest BCUT2D eigenvalue weighted by atomic mass is 15.4. The van der Waals surface area contributed by atoms with E-state index in [0.29, 0.717) is 0 Å². The van der Waals surface area contributed by atoms with Gasteiger partial charge in [-0.15, -0.1) is 0 Å². The van der Waals surface area contributed by atoms with Crippen LogP contribution in [0.15, 0.2) is 29.4 Å². The van der Waals surface area contributed by atoms with Crippen LogP contribution in [0.5, 0.6) is 0 Å². The summed E-state index contributed by atoms with van der Waals surface area (Å²) >= 11 is 0. The van der Waals surface area contributed by atoms with Crippen molar-refractivity contribution in [3.63, 3.8) is 0 Å². The zero-order valence-electron chi connectivity index (χ0n) is 41.6. The number of hydrazone groups is 1. The number of hydrogen-bond donors (Lipinski definition) is 3. The third-order valence-corrected chi connectivity index (χ3v) is 27.2. The first-order chi connectivity index (χ1) is 40.1. The Balaban J connectivity index is 0.933. The summed E-state index contributed by atoms with van der Waals surface area (Å²) in [5.41, 5.74) is 23.3. The Bertz CT molecular complexity index is 7850. The van der Waals surface area contributed by atoms with Crippen LogP contribution in [0.2, 0.25) is 0 Å². The number of rotatable bonds is 4. The van der Waals surface area contributed by atoms with E-state index in [4.69, 9.17) is 11.5 Å². The Morgan fingerprint density at radius 3 is 0.889 bits per heavy atom. The van der Waals surface area contributed by atoms with Gasteiger partial charge in [0.05, 0.1) is 17.0 Å². The Kier molecular flexibility index (Phi) is 3.01. The maximum absolute atomic E-state index is 5.94. The smallest absolute Gasteiger partial charge is 0.250 e. The minimum atomic E-state index is -0.414. The van der Waals surface area contributed by atoms with Gasteiger partial charge in [-0.05, 0) is 331 Å². The zero-order chi connectivity index (χ0) is 49.3. The van der Waals surface area contributed by atoms with Gasteiger partial charge in [0, 0.05) is 12.6 Å². The summed E-state index contributed by atoms with van der Waals surface area (Å²) in [6, 6.07) is 9.56. The van der Waals surface area contributed by atoms with Gasteiger partial charge in [0.2, 0.25) is 17.8 Å². The van der Waals surface area contributed by atoms with E-state index in [-0.39, 0.29) is 29.3 Å². The van der Waals surface area contributed by atoms with Crippen molar-refractivity contribution in [2.45, 2.75) is 16.9 Å². The molecular weight excluding hydrogens is 989 g/mol. The molecule has 81 heavy (non-hydrogen) atoms. The molecule has 4 aliphatic carbocycles. The van der Waals surface area contributed by atoms with Crippen LogP contribution in [-0.2, 0) is 10.8 Å². The lowest BCUT2D eigenvalue weighted by Crippen LogP contribution is -2.51. The highest BCUT2D eigenvalue weighted by molar-refractivity contribution is 6.82. The fourth-order valence-corrected chi connectivity index (χ4v) is 26.9. The fourth-order valence-electron chi connectivity index (χ4n) is 26.9. The molecule has 8 heteroatoms. The molecule has 29 aromatic carbocycles. The Labute approximate surface area is 442 Å². The molecule has 1 saturated heterocycles. The Hall–Kier alpha value is -10.3. The van der Waals surface area contributed by atoms with E-state index in [1.165, 1.54) is 5.56 Å². The van der Waals surface area contributed by atoms with Crippen LogP contribution in [-0.4, -0.2) is 39.7 Å². The van der Waals surface area contributed by atoms with E-state index >= 15 is 0 Å². The van der Waals surface area contributed by atoms with E-state index in [9.17, 15) is 0 Å². The highest BCUT2D eigenvalue weighted by Crippen LogP contribution is 2.87. The van der Waals surface area contributed by atoms with Crippen LogP contribution < -0.4 is 16.9 Å². The van der Waals surface area contributed by atoms with E-state index in [0.717, 1.165) is 12.1 Å². The van der Waals surface area contributed by atoms with Crippen LogP contribution in [0.25, 0.3) is 291 Å². The Morgan fingerprint density at radius 1 is 0.370 bits per heavy atom. The molecule has 35 rings (SSSR count). The molecule has 0 amide bonds. The second kappa shape index (κ2) is 7.63. The van der Waals surface area contributed by atoms with Crippen molar-refractivity contribution >= 4 is 315 Å². The molecule has 0 bridgehead atoms. The third-order valence-electron chi connectivity index (χ3n) is 27.2. The van der Waals surface area contributed by atoms with Gasteiger partial charge >= 0.3 is 0 Å². The number of nitrogens with zero attached hydrogens (tertiary/aromatic N) is 5. The summed E-state index contributed by atoms with van der Waals surface area (Å²) in [7, 11) is 2.53. The number of aromatic nitrogens is 3. The molecule has 30 aromatic rings. The number of likely N-dealkylation sites (tertiary alicyclic amines) is 1. The molecule has 1 fully saturated rings. The predicted molar refractivity (Wildman–Crippen MR) is 336 cm³/mol. The average Bonchev–Trinajstić information content (AvgIpc) is 1.42. The number of benzene rings is 19. The highest BCUT2D eigenvalue weighted by Gasteiger charge is 2.75. The van der Waals surface area contributed by atoms with Crippen LogP contribution >= 0.6 is 0 Å². The van der Waals surface area contributed by atoms with E-state index < -0.39 is 5.41 Å². The summed E-state index contributed by atoms with van der Waals surface area (Å²) in [5, 5.41) is 93.0. The van der Waals surface area contributed by atoms with E-state index in [1.54, 1.807) is 313 Å². The van der Waals surface area contributed by atoms with Crippen LogP contribution in [0.1, 0.15) is 39.4 Å². The standard InChI is InChI=1S/C73H16N8/c1-81-7-72-64-56-48-38-28-20-12-10-11-14-18-16(12)24-32-26(18)36-30-22(14)23-15(11)19-17-13(10)21(20)29-35-25(17)33-27(19)37-31(23)41-40(30)52-46(36)54-44(32)50(42(48)34(24)28)58(64)60(54)66-62(52)63-53(41)47(37)55-45(33)51-43(35)49(39(29)38)57(56)65(72)59(51)61(55)67(63)73(66,72)68(81)9-4-2-8(3-5-9)6-76-80-71-78-69(74)77-70(75)79-71/h2-6,68H,7H2,1H3,(H5,74,75,77,78,79,80)/b76-6+. The van der Waals surface area contributed by atoms with Crippen LogP contribution in [0.3, 0.4) is 0 Å². The predicted octanol–water partition coefficient (Wildman–Crippen LogP) is 16.8. The van der Waals surface area contributed by atoms with Gasteiger partial charge in [0.1, 0.15) is 0 Å². The monoisotopic (exact) mass is 1000 g/mol. The molecule has 5 N–H and O–H groups in total. The maximum Gasteiger partial charge on any atom is 0.250 e. The number of hydrogen-bond acceptors (Lipinski definition) is 8. The molecule has 2 spiro atoms. The average molecular weight is 1000 g/mol. The second-order valence-electron chi connectivity index (χ2n) is 28.2. The minimum Gasteiger partial charge on any atom is -0.368 e. The molecular formula is C73H16N8. The zero-order valence-corrected chi connectivity index (χ0v) is 41.6. The first kappa shape index (κ1) is 32.0. The van der Waals surface area contributed by atoms with Crippen LogP contribution in [0, 0.1) is 0 Å². The van der Waals surface area contributed by atoms with Crippen molar-refractivity contribution in [2.24, 2.45) is 5.10 Å². The SMILES string of the molecule is CN1CC23c4c5c6c7c8c9c(c%10c%11c2c2c4c4c%12c5c5c6c6c8c8c%13c9c9c%10c%10c%11c%11c2c2c4c4c%12c%12c5c5c6c8c6c8c%13c9c9c%10c%10c%11c2c2c4c4c%12c5c6c5c8c9c%10c2c45)C73C1c1ccc(/C=N/Nc2nc(N)nc(N)n2)cc1. The quantitative estimate of drug-likeness (QED) is 0.0913. The third kappa shape index (κ3) is 1.90. The maximum atomic E-state index is 5.94. The molecule has 0 saturated carbocycles. The second-order valence-corrected chi connectivity index (χ2v) is 28.2. The van der Waals surface area contributed by atoms with Gasteiger partial charge in [-0.3, -0.25) is 4.90 Å². The lowest BCUT2D eigenvalue weighted by Gasteiger charge is -2.52. The van der Waals surface area contributed by atoms with Crippen molar-refractivity contribution in [3.8, 4) is 0 Å². The molecule has 348 valence electrons. The van der Waals surface area contributed by atoms with Crippen molar-refractivity contribution in [1.29, 1.82) is 0 Å². The van der Waals surface area contributed by atoms with Crippen molar-refractivity contribution in [3.05, 3.63) is 57.6 Å². The van der Waals surface area contributed by atoms with Gasteiger partial charge in [-0.2, -0.15) is 20.1 Å². The number of anilines is 3. The molecule has 0 radical (unpaired) electrons. The summed E-state index contributed by atoms with van der Waals surface area (Å²) < 4.78 is 0. The van der Waals surface area contributed by atoms with Crippen molar-refractivity contribution in [1.82, 2.24) is 19.9 Å². The largest absolute Gasteiger partial charge is 0.368 e. The number of nitrogen functional groups attached to an aromatic ring is 2. The number of likely N-dealkylation sites (N-methyl/N-ethyl adjacent to an activating group) is 1. The van der Waals surface area contributed by atoms with Gasteiger partial charge in [0.25, 0.3) is 0 Å². The molecule has 8 nitrogen and oxygen atoms in total. The molecule has 1 aliphatic heterocycles. The fraction of sp³-hybridized carbons (Fsp3) is 0.0685. The first-order valence-corrected chi connectivity index (χ1v) is 29.2. The van der Waals surface area contributed by atoms with Gasteiger partial charge in [-0.1, -0.05) is 24.3 Å². The number of nitrogens with two attached hydrogens (primary N) is 2. The lowest BCUT2D eigenvalue weighted by atomic mass is 9.47. The number of nitrogens with one attached hydrogen (secondary N) is 1. The van der Waals surface area contributed by atoms with Gasteiger partial charge < -0.3 is 11.5 Å². The molecule has 1 aromatic heterocycles. The molecule has 1 atom stereocenters. The van der Waals surface area contributed by atoms with Crippen molar-refractivity contribution in [2.75, 3.05) is 30.5 Å². The normalized spacial score (nSPS) is 22.3. The van der Waals surface area contributed by atoms with E-state index in [1.807, 2.05) is 6.21 Å². The van der Waals surface area contributed by atoms with Gasteiger partial charge in [-0.25, -0.2) is 5.43 Å². The van der Waals surface area contributed by atoms with Crippen LogP contribution in [0.4, 0.5) is 17.8 Å². The lowest BCUT2D eigenvalue weighted by molar-refractivity contribution is 0.271. The van der Waals surface area contributed by atoms with Crippen molar-refractivity contribution < 1.29 is 0 Å². The van der Waals surface area contributed by atoms with Gasteiger partial charge in [0.15, 0.2) is 0 Å². The summed E-state index contributed by atoms with van der Waals surface area (Å²) in [5.74, 6) is 0.341. The molecule has 5 aliphatic rings. The Morgan fingerprint density at radius 2 is 0.617 bits per heavy atom. The van der Waals surface area contributed by atoms with E-state index in [2.05, 4.69) is 61.7 Å². The topological polar surface area (TPSA) is 118 Å². The summed E-state index contributed by atoms with van der Waals surface area (Å²) in [6.45, 7) is 0.971.